The summed E-state index contributed by atoms with van der Waals surface area (Å²) in [5.41, 5.74) is 1.77. The minimum atomic E-state index is 0.594. The second-order valence-corrected chi connectivity index (χ2v) is 6.03. The molecule has 0 aliphatic heterocycles. The van der Waals surface area contributed by atoms with Crippen molar-refractivity contribution in [2.45, 2.75) is 45.7 Å². The van der Waals surface area contributed by atoms with E-state index in [1.807, 2.05) is 18.2 Å². The van der Waals surface area contributed by atoms with Gasteiger partial charge in [0.05, 0.1) is 12.7 Å². The van der Waals surface area contributed by atoms with Gasteiger partial charge in [-0.2, -0.15) is 5.26 Å². The minimum absolute atomic E-state index is 0.594. The van der Waals surface area contributed by atoms with Gasteiger partial charge in [0.1, 0.15) is 11.8 Å². The van der Waals surface area contributed by atoms with E-state index < -0.39 is 0 Å². The average molecular weight is 272 g/mol. The third-order valence-electron chi connectivity index (χ3n) is 4.39. The van der Waals surface area contributed by atoms with Gasteiger partial charge in [-0.05, 0) is 48.8 Å². The number of hydrogen-bond donors (Lipinski definition) is 1. The molecule has 3 nitrogen and oxygen atoms in total. The number of methoxy groups -OCH3 is 1. The second-order valence-electron chi connectivity index (χ2n) is 6.03. The fourth-order valence-electron chi connectivity index (χ4n) is 3.16. The molecular weight excluding hydrogens is 248 g/mol. The van der Waals surface area contributed by atoms with Crippen molar-refractivity contribution in [3.8, 4) is 11.8 Å². The Kier molecular flexibility index (Phi) is 5.03. The minimum Gasteiger partial charge on any atom is -0.495 e. The van der Waals surface area contributed by atoms with E-state index >= 15 is 0 Å². The van der Waals surface area contributed by atoms with E-state index in [-0.39, 0.29) is 0 Å². The van der Waals surface area contributed by atoms with Gasteiger partial charge in [-0.15, -0.1) is 0 Å². The number of nitrogens with one attached hydrogen (secondary N) is 1. The fraction of sp³-hybridized carbons (Fsp3) is 0.588. The molecule has 1 fully saturated rings. The largest absolute Gasteiger partial charge is 0.495 e. The lowest BCUT2D eigenvalue weighted by Crippen LogP contribution is -2.38. The summed E-state index contributed by atoms with van der Waals surface area (Å²) in [6.07, 6.45) is 3.89. The van der Waals surface area contributed by atoms with Crippen molar-refractivity contribution in [3.05, 3.63) is 29.3 Å². The predicted octanol–water partition coefficient (Wildman–Crippen LogP) is 3.48. The molecule has 3 heteroatoms. The summed E-state index contributed by atoms with van der Waals surface area (Å²) in [6.45, 7) is 5.52. The van der Waals surface area contributed by atoms with Crippen molar-refractivity contribution >= 4 is 0 Å². The normalized spacial score (nSPS) is 26.0. The standard InChI is InChI=1S/C17H24N2O/c1-12-4-7-16(13(2)8-12)19-11-14-5-6-15(10-18)17(9-14)20-3/h5-6,9,12-13,16,19H,4,7-8,11H2,1-3H3. The Morgan fingerprint density at radius 1 is 1.35 bits per heavy atom. The van der Waals surface area contributed by atoms with Gasteiger partial charge in [0.25, 0.3) is 0 Å². The molecule has 20 heavy (non-hydrogen) atoms. The maximum Gasteiger partial charge on any atom is 0.136 e. The van der Waals surface area contributed by atoms with Crippen molar-refractivity contribution in [2.24, 2.45) is 11.8 Å². The van der Waals surface area contributed by atoms with Gasteiger partial charge in [-0.1, -0.05) is 19.9 Å². The van der Waals surface area contributed by atoms with E-state index in [0.29, 0.717) is 17.4 Å². The van der Waals surface area contributed by atoms with Crippen LogP contribution in [-0.4, -0.2) is 13.2 Å². The van der Waals surface area contributed by atoms with Crippen LogP contribution >= 0.6 is 0 Å². The number of hydrogen-bond acceptors (Lipinski definition) is 3. The highest BCUT2D eigenvalue weighted by Crippen LogP contribution is 2.29. The molecule has 1 N–H and O–H groups in total. The van der Waals surface area contributed by atoms with Crippen LogP contribution in [-0.2, 0) is 6.54 Å². The number of ether oxygens (including phenoxy) is 1. The summed E-state index contributed by atoms with van der Waals surface area (Å²) >= 11 is 0. The first kappa shape index (κ1) is 14.9. The Bertz CT molecular complexity index is 492. The van der Waals surface area contributed by atoms with Crippen molar-refractivity contribution in [1.82, 2.24) is 5.32 Å². The van der Waals surface area contributed by atoms with Crippen molar-refractivity contribution in [2.75, 3.05) is 7.11 Å². The van der Waals surface area contributed by atoms with Crippen LogP contribution < -0.4 is 10.1 Å². The monoisotopic (exact) mass is 272 g/mol. The van der Waals surface area contributed by atoms with Gasteiger partial charge < -0.3 is 10.1 Å². The molecular formula is C17H24N2O. The van der Waals surface area contributed by atoms with Crippen LogP contribution in [0.4, 0.5) is 0 Å². The second kappa shape index (κ2) is 6.76. The van der Waals surface area contributed by atoms with Gasteiger partial charge in [-0.25, -0.2) is 0 Å². The molecule has 0 bridgehead atoms. The number of benzene rings is 1. The van der Waals surface area contributed by atoms with Gasteiger partial charge in [-0.3, -0.25) is 0 Å². The van der Waals surface area contributed by atoms with E-state index in [1.165, 1.54) is 24.8 Å². The first-order valence-electron chi connectivity index (χ1n) is 7.44. The molecule has 2 rings (SSSR count). The van der Waals surface area contributed by atoms with E-state index in [9.17, 15) is 0 Å². The summed E-state index contributed by atoms with van der Waals surface area (Å²) in [5, 5.41) is 12.6. The number of nitrogens with zero attached hydrogens (tertiary/aromatic N) is 1. The molecule has 3 atom stereocenters. The number of nitriles is 1. The van der Waals surface area contributed by atoms with E-state index in [2.05, 4.69) is 25.2 Å². The topological polar surface area (TPSA) is 45.0 Å². The zero-order chi connectivity index (χ0) is 14.5. The molecule has 0 saturated heterocycles. The molecule has 0 radical (unpaired) electrons. The summed E-state index contributed by atoms with van der Waals surface area (Å²) in [5.74, 6) is 2.26. The molecule has 3 unspecified atom stereocenters. The zero-order valence-electron chi connectivity index (χ0n) is 12.6. The summed E-state index contributed by atoms with van der Waals surface area (Å²) in [6, 6.07) is 8.55. The molecule has 0 aromatic heterocycles. The van der Waals surface area contributed by atoms with Gasteiger partial charge >= 0.3 is 0 Å². The first-order chi connectivity index (χ1) is 9.63. The fourth-order valence-corrected chi connectivity index (χ4v) is 3.16. The van der Waals surface area contributed by atoms with E-state index in [1.54, 1.807) is 7.11 Å². The Morgan fingerprint density at radius 3 is 2.80 bits per heavy atom. The van der Waals surface area contributed by atoms with Gasteiger partial charge in [0.2, 0.25) is 0 Å². The van der Waals surface area contributed by atoms with Crippen molar-refractivity contribution < 1.29 is 4.74 Å². The Labute approximate surface area is 121 Å². The molecule has 108 valence electrons. The van der Waals surface area contributed by atoms with Crippen LogP contribution in [0.3, 0.4) is 0 Å². The van der Waals surface area contributed by atoms with Crippen molar-refractivity contribution in [1.29, 1.82) is 5.26 Å². The lowest BCUT2D eigenvalue weighted by Gasteiger charge is -2.33. The highest BCUT2D eigenvalue weighted by molar-refractivity contribution is 5.45. The highest BCUT2D eigenvalue weighted by Gasteiger charge is 2.24. The molecule has 1 aliphatic carbocycles. The van der Waals surface area contributed by atoms with Crippen LogP contribution in [0, 0.1) is 23.2 Å². The summed E-state index contributed by atoms with van der Waals surface area (Å²) < 4.78 is 5.25. The highest BCUT2D eigenvalue weighted by atomic mass is 16.5. The third-order valence-corrected chi connectivity index (χ3v) is 4.39. The van der Waals surface area contributed by atoms with Crippen LogP contribution in [0.1, 0.15) is 44.2 Å². The summed E-state index contributed by atoms with van der Waals surface area (Å²) in [4.78, 5) is 0. The maximum absolute atomic E-state index is 8.99. The van der Waals surface area contributed by atoms with Crippen LogP contribution in [0.2, 0.25) is 0 Å². The zero-order valence-corrected chi connectivity index (χ0v) is 12.6. The van der Waals surface area contributed by atoms with Crippen LogP contribution in [0.5, 0.6) is 5.75 Å². The molecule has 1 aromatic rings. The van der Waals surface area contributed by atoms with E-state index in [0.717, 1.165) is 18.4 Å². The quantitative estimate of drug-likeness (QED) is 0.912. The molecule has 1 aromatic carbocycles. The molecule has 1 aliphatic rings. The SMILES string of the molecule is COc1cc(CNC2CCC(C)CC2C)ccc1C#N. The first-order valence-corrected chi connectivity index (χ1v) is 7.44. The van der Waals surface area contributed by atoms with Crippen molar-refractivity contribution in [3.63, 3.8) is 0 Å². The van der Waals surface area contributed by atoms with Crippen LogP contribution in [0.15, 0.2) is 18.2 Å². The number of rotatable bonds is 4. The lowest BCUT2D eigenvalue weighted by molar-refractivity contribution is 0.227. The molecule has 0 heterocycles. The Balaban J connectivity index is 1.96. The maximum atomic E-state index is 8.99. The summed E-state index contributed by atoms with van der Waals surface area (Å²) in [7, 11) is 1.61. The Morgan fingerprint density at radius 2 is 2.15 bits per heavy atom. The molecule has 0 amide bonds. The molecule has 1 saturated carbocycles. The molecule has 0 spiro atoms. The Hall–Kier alpha value is -1.53. The van der Waals surface area contributed by atoms with E-state index in [4.69, 9.17) is 10.00 Å². The average Bonchev–Trinajstić information content (AvgIpc) is 2.46. The smallest absolute Gasteiger partial charge is 0.136 e. The third kappa shape index (κ3) is 3.52. The van der Waals surface area contributed by atoms with Gasteiger partial charge in [0, 0.05) is 12.6 Å². The van der Waals surface area contributed by atoms with Crippen LogP contribution in [0.25, 0.3) is 0 Å². The predicted molar refractivity (Wildman–Crippen MR) is 80.5 cm³/mol. The van der Waals surface area contributed by atoms with Gasteiger partial charge in [0.15, 0.2) is 0 Å². The lowest BCUT2D eigenvalue weighted by atomic mass is 9.80.